The minimum atomic E-state index is -0.517. The van der Waals surface area contributed by atoms with Crippen molar-refractivity contribution >= 4 is 27.5 Å². The van der Waals surface area contributed by atoms with Crippen LogP contribution in [0.4, 0.5) is 0 Å². The van der Waals surface area contributed by atoms with Crippen molar-refractivity contribution in [1.29, 1.82) is 0 Å². The van der Waals surface area contributed by atoms with Gasteiger partial charge in [-0.15, -0.1) is 11.3 Å². The lowest BCUT2D eigenvalue weighted by Gasteiger charge is -2.19. The SMILES string of the molecule is Cn1c(=O)n(Cc2ccc(C(C)(C)C)cc2)c(=O)c2cc(C(=O)OCc3ccccc3)sc21. The van der Waals surface area contributed by atoms with Gasteiger partial charge in [0, 0.05) is 7.05 Å². The quantitative estimate of drug-likeness (QED) is 0.411. The molecule has 7 heteroatoms. The zero-order valence-corrected chi connectivity index (χ0v) is 19.9. The third kappa shape index (κ3) is 4.68. The van der Waals surface area contributed by atoms with Gasteiger partial charge in [0.15, 0.2) is 0 Å². The molecule has 0 fully saturated rings. The van der Waals surface area contributed by atoms with Crippen LogP contribution in [0.5, 0.6) is 0 Å². The van der Waals surface area contributed by atoms with Crippen molar-refractivity contribution in [1.82, 2.24) is 9.13 Å². The first-order valence-electron chi connectivity index (χ1n) is 10.7. The first-order chi connectivity index (χ1) is 15.6. The molecule has 4 aromatic rings. The van der Waals surface area contributed by atoms with E-state index in [2.05, 4.69) is 20.8 Å². The molecule has 2 heterocycles. The topological polar surface area (TPSA) is 70.3 Å². The molecule has 0 bridgehead atoms. The van der Waals surface area contributed by atoms with Gasteiger partial charge < -0.3 is 4.74 Å². The number of hydrogen-bond acceptors (Lipinski definition) is 5. The summed E-state index contributed by atoms with van der Waals surface area (Å²) in [5.74, 6) is -0.517. The van der Waals surface area contributed by atoms with E-state index in [9.17, 15) is 14.4 Å². The van der Waals surface area contributed by atoms with Crippen LogP contribution in [0.3, 0.4) is 0 Å². The Morgan fingerprint density at radius 2 is 1.64 bits per heavy atom. The van der Waals surface area contributed by atoms with Crippen molar-refractivity contribution < 1.29 is 9.53 Å². The molecule has 6 nitrogen and oxygen atoms in total. The summed E-state index contributed by atoms with van der Waals surface area (Å²) in [5.41, 5.74) is 2.11. The summed E-state index contributed by atoms with van der Waals surface area (Å²) in [6, 6.07) is 18.8. The summed E-state index contributed by atoms with van der Waals surface area (Å²) in [6.07, 6.45) is 0. The fourth-order valence-corrected chi connectivity index (χ4v) is 4.61. The summed E-state index contributed by atoms with van der Waals surface area (Å²) in [6.45, 7) is 6.71. The molecule has 0 unspecified atom stereocenters. The van der Waals surface area contributed by atoms with E-state index in [1.54, 1.807) is 7.05 Å². The normalized spacial score (nSPS) is 11.6. The Morgan fingerprint density at radius 1 is 0.970 bits per heavy atom. The van der Waals surface area contributed by atoms with E-state index >= 15 is 0 Å². The Bertz CT molecular complexity index is 1420. The van der Waals surface area contributed by atoms with Crippen LogP contribution in [0, 0.1) is 0 Å². The number of fused-ring (bicyclic) bond motifs is 1. The molecule has 0 aliphatic rings. The molecular weight excluding hydrogens is 436 g/mol. The molecular formula is C26H26N2O4S. The van der Waals surface area contributed by atoms with E-state index in [-0.39, 0.29) is 18.6 Å². The van der Waals surface area contributed by atoms with Crippen molar-refractivity contribution in [2.24, 2.45) is 7.05 Å². The van der Waals surface area contributed by atoms with Gasteiger partial charge in [-0.2, -0.15) is 0 Å². The zero-order valence-electron chi connectivity index (χ0n) is 19.1. The largest absolute Gasteiger partial charge is 0.457 e. The number of carbonyl (C=O) groups is 1. The number of rotatable bonds is 5. The van der Waals surface area contributed by atoms with Gasteiger partial charge in [-0.1, -0.05) is 75.4 Å². The third-order valence-electron chi connectivity index (χ3n) is 5.59. The van der Waals surface area contributed by atoms with Crippen LogP contribution < -0.4 is 11.2 Å². The van der Waals surface area contributed by atoms with E-state index in [1.807, 2.05) is 54.6 Å². The van der Waals surface area contributed by atoms with Gasteiger partial charge in [-0.25, -0.2) is 9.59 Å². The van der Waals surface area contributed by atoms with Crippen LogP contribution >= 0.6 is 11.3 Å². The Labute approximate surface area is 195 Å². The van der Waals surface area contributed by atoms with Crippen LogP contribution in [0.25, 0.3) is 10.2 Å². The van der Waals surface area contributed by atoms with Gasteiger partial charge in [0.2, 0.25) is 0 Å². The Kier molecular flexibility index (Phi) is 6.08. The number of esters is 1. The predicted octanol–water partition coefficient (Wildman–Crippen LogP) is 4.46. The second kappa shape index (κ2) is 8.83. The molecule has 4 rings (SSSR count). The molecule has 0 aliphatic carbocycles. The number of benzene rings is 2. The molecule has 0 atom stereocenters. The molecule has 0 N–H and O–H groups in total. The monoisotopic (exact) mass is 462 g/mol. The van der Waals surface area contributed by atoms with E-state index in [0.29, 0.717) is 15.1 Å². The number of nitrogens with zero attached hydrogens (tertiary/aromatic N) is 2. The average Bonchev–Trinajstić information content (AvgIpc) is 3.25. The van der Waals surface area contributed by atoms with E-state index in [1.165, 1.54) is 20.8 Å². The molecule has 0 radical (unpaired) electrons. The van der Waals surface area contributed by atoms with Gasteiger partial charge in [-0.05, 0) is 28.2 Å². The fourth-order valence-electron chi connectivity index (χ4n) is 3.61. The van der Waals surface area contributed by atoms with E-state index in [0.717, 1.165) is 22.5 Å². The number of aryl methyl sites for hydroxylation is 1. The van der Waals surface area contributed by atoms with Crippen LogP contribution in [-0.2, 0) is 30.4 Å². The molecule has 0 saturated heterocycles. The number of thiophene rings is 1. The van der Waals surface area contributed by atoms with Gasteiger partial charge in [0.05, 0.1) is 11.9 Å². The summed E-state index contributed by atoms with van der Waals surface area (Å²) in [4.78, 5) is 39.4. The number of hydrogen-bond donors (Lipinski definition) is 0. The number of ether oxygens (including phenoxy) is 1. The minimum absolute atomic E-state index is 0.0204. The average molecular weight is 463 g/mol. The fraction of sp³-hybridized carbons (Fsp3) is 0.269. The highest BCUT2D eigenvalue weighted by atomic mass is 32.1. The van der Waals surface area contributed by atoms with Gasteiger partial charge in [0.1, 0.15) is 16.3 Å². The number of carbonyl (C=O) groups excluding carboxylic acids is 1. The van der Waals surface area contributed by atoms with E-state index in [4.69, 9.17) is 4.74 Å². The lowest BCUT2D eigenvalue weighted by Crippen LogP contribution is -2.38. The highest BCUT2D eigenvalue weighted by Gasteiger charge is 2.19. The second-order valence-corrected chi connectivity index (χ2v) is 10.1. The molecule has 0 saturated carbocycles. The van der Waals surface area contributed by atoms with Gasteiger partial charge in [-0.3, -0.25) is 13.9 Å². The molecule has 170 valence electrons. The Hall–Kier alpha value is -3.45. The standard InChI is InChI=1S/C26H26N2O4S/c1-26(2,3)19-12-10-17(11-13-19)15-28-22(29)20-14-21(33-23(20)27(4)25(28)31)24(30)32-16-18-8-6-5-7-9-18/h5-14H,15-16H2,1-4H3. The van der Waals surface area contributed by atoms with E-state index < -0.39 is 17.2 Å². The maximum atomic E-state index is 13.2. The maximum absolute atomic E-state index is 13.2. The summed E-state index contributed by atoms with van der Waals surface area (Å²) >= 11 is 1.09. The third-order valence-corrected chi connectivity index (χ3v) is 6.78. The molecule has 0 aliphatic heterocycles. The van der Waals surface area contributed by atoms with Crippen molar-refractivity contribution in [3.63, 3.8) is 0 Å². The molecule has 0 spiro atoms. The summed E-state index contributed by atoms with van der Waals surface area (Å²) in [5, 5.41) is 0.333. The van der Waals surface area contributed by atoms with Crippen molar-refractivity contribution in [3.8, 4) is 0 Å². The highest BCUT2D eigenvalue weighted by molar-refractivity contribution is 7.20. The van der Waals surface area contributed by atoms with Crippen LogP contribution in [0.2, 0.25) is 0 Å². The van der Waals surface area contributed by atoms with Crippen LogP contribution in [0.15, 0.2) is 70.3 Å². The first kappa shape index (κ1) is 22.7. The minimum Gasteiger partial charge on any atom is -0.457 e. The Balaban J connectivity index is 1.64. The smallest absolute Gasteiger partial charge is 0.348 e. The van der Waals surface area contributed by atoms with Crippen LogP contribution in [-0.4, -0.2) is 15.1 Å². The zero-order chi connectivity index (χ0) is 23.8. The molecule has 2 aromatic carbocycles. The maximum Gasteiger partial charge on any atom is 0.348 e. The molecule has 0 amide bonds. The Morgan fingerprint density at radius 3 is 2.27 bits per heavy atom. The van der Waals surface area contributed by atoms with Gasteiger partial charge >= 0.3 is 11.7 Å². The van der Waals surface area contributed by atoms with Crippen molar-refractivity contribution in [3.05, 3.63) is 103 Å². The van der Waals surface area contributed by atoms with Crippen LogP contribution in [0.1, 0.15) is 47.1 Å². The van der Waals surface area contributed by atoms with Crippen molar-refractivity contribution in [2.75, 3.05) is 0 Å². The summed E-state index contributed by atoms with van der Waals surface area (Å²) < 4.78 is 8.02. The lowest BCUT2D eigenvalue weighted by atomic mass is 9.87. The number of aromatic nitrogens is 2. The van der Waals surface area contributed by atoms with Gasteiger partial charge in [0.25, 0.3) is 5.56 Å². The first-order valence-corrected chi connectivity index (χ1v) is 11.5. The lowest BCUT2D eigenvalue weighted by molar-refractivity contribution is 0.0478. The van der Waals surface area contributed by atoms with Crippen molar-refractivity contribution in [2.45, 2.75) is 39.3 Å². The predicted molar refractivity (Wildman–Crippen MR) is 131 cm³/mol. The highest BCUT2D eigenvalue weighted by Crippen LogP contribution is 2.24. The second-order valence-electron chi connectivity index (χ2n) is 9.07. The molecule has 2 aromatic heterocycles. The summed E-state index contributed by atoms with van der Waals surface area (Å²) in [7, 11) is 1.61. The molecule has 33 heavy (non-hydrogen) atoms.